The van der Waals surface area contributed by atoms with Gasteiger partial charge in [0.2, 0.25) is 10.0 Å². The van der Waals surface area contributed by atoms with Gasteiger partial charge in [0.25, 0.3) is 0 Å². The molecule has 0 saturated heterocycles. The molecular weight excluding hydrogens is 348 g/mol. The Morgan fingerprint density at radius 1 is 1.12 bits per heavy atom. The highest BCUT2D eigenvalue weighted by atomic mass is 32.2. The zero-order valence-electron chi connectivity index (χ0n) is 15.0. The first-order valence-electron chi connectivity index (χ1n) is 8.29. The van der Waals surface area contributed by atoms with E-state index in [4.69, 9.17) is 0 Å². The monoisotopic (exact) mass is 370 g/mol. The normalized spacial score (nSPS) is 12.3. The maximum atomic E-state index is 12.8. The Kier molecular flexibility index (Phi) is 4.93. The summed E-state index contributed by atoms with van der Waals surface area (Å²) in [5.41, 5.74) is 1.65. The van der Waals surface area contributed by atoms with E-state index in [-0.39, 0.29) is 4.90 Å². The summed E-state index contributed by atoms with van der Waals surface area (Å²) in [6, 6.07) is 10.7. The molecule has 0 unspecified atom stereocenters. The van der Waals surface area contributed by atoms with E-state index in [9.17, 15) is 8.42 Å². The molecule has 6 nitrogen and oxygen atoms in total. The smallest absolute Gasteiger partial charge is 0.241 e. The Bertz CT molecular complexity index is 973. The fraction of sp³-hybridized carbons (Fsp3) is 0.263. The molecule has 1 aromatic carbocycles. The zero-order valence-corrected chi connectivity index (χ0v) is 15.9. The van der Waals surface area contributed by atoms with E-state index in [2.05, 4.69) is 14.7 Å². The van der Waals surface area contributed by atoms with Gasteiger partial charge in [0.05, 0.1) is 16.9 Å². The van der Waals surface area contributed by atoms with Crippen molar-refractivity contribution in [2.45, 2.75) is 37.8 Å². The average molecular weight is 370 g/mol. The number of hydrogen-bond donors (Lipinski definition) is 1. The number of nitrogens with zero attached hydrogens (tertiary/aromatic N) is 3. The van der Waals surface area contributed by atoms with Crippen LogP contribution in [0.15, 0.2) is 66.2 Å². The maximum Gasteiger partial charge on any atom is 0.241 e. The molecule has 0 bridgehead atoms. The van der Waals surface area contributed by atoms with Crippen LogP contribution >= 0.6 is 0 Å². The van der Waals surface area contributed by atoms with Crippen LogP contribution in [0.2, 0.25) is 0 Å². The zero-order chi connectivity index (χ0) is 18.8. The van der Waals surface area contributed by atoms with Gasteiger partial charge in [-0.3, -0.25) is 4.98 Å². The third kappa shape index (κ3) is 4.36. The van der Waals surface area contributed by atoms with Crippen molar-refractivity contribution >= 4 is 10.0 Å². The maximum absolute atomic E-state index is 12.8. The van der Waals surface area contributed by atoms with Crippen LogP contribution in [0.25, 0.3) is 11.3 Å². The van der Waals surface area contributed by atoms with Crippen LogP contribution < -0.4 is 4.72 Å². The van der Waals surface area contributed by atoms with Gasteiger partial charge < -0.3 is 4.57 Å². The van der Waals surface area contributed by atoms with E-state index in [1.165, 1.54) is 0 Å². The summed E-state index contributed by atoms with van der Waals surface area (Å²) in [4.78, 5) is 8.72. The lowest BCUT2D eigenvalue weighted by Gasteiger charge is -2.21. The summed E-state index contributed by atoms with van der Waals surface area (Å²) in [5, 5.41) is 0. The second-order valence-electron chi connectivity index (χ2n) is 7.14. The van der Waals surface area contributed by atoms with Gasteiger partial charge in [-0.05, 0) is 38.5 Å². The van der Waals surface area contributed by atoms with E-state index in [1.807, 2.05) is 49.7 Å². The van der Waals surface area contributed by atoms with Crippen LogP contribution in [-0.4, -0.2) is 28.5 Å². The van der Waals surface area contributed by atoms with Crippen molar-refractivity contribution in [2.24, 2.45) is 0 Å². The molecule has 136 valence electrons. The lowest BCUT2D eigenvalue weighted by Crippen LogP contribution is -2.40. The van der Waals surface area contributed by atoms with Crippen LogP contribution in [0.4, 0.5) is 0 Å². The molecular formula is C19H22N4O2S. The van der Waals surface area contributed by atoms with Crippen molar-refractivity contribution in [1.82, 2.24) is 19.3 Å². The van der Waals surface area contributed by atoms with Gasteiger partial charge in [-0.2, -0.15) is 0 Å². The number of pyridine rings is 1. The molecule has 7 heteroatoms. The minimum Gasteiger partial charge on any atom is -0.333 e. The lowest BCUT2D eigenvalue weighted by atomic mass is 10.1. The number of sulfonamides is 1. The van der Waals surface area contributed by atoms with Crippen molar-refractivity contribution < 1.29 is 8.42 Å². The lowest BCUT2D eigenvalue weighted by molar-refractivity contribution is 0.491. The first kappa shape index (κ1) is 18.3. The summed E-state index contributed by atoms with van der Waals surface area (Å²) in [6.07, 6.45) is 7.11. The van der Waals surface area contributed by atoms with Gasteiger partial charge in [0.15, 0.2) is 0 Å². The molecule has 0 aliphatic heterocycles. The SMILES string of the molecule is CC(C)(C)NS(=O)(=O)c1ccccc1-c1ccc(Cn2ccnc2)cn1. The molecule has 0 radical (unpaired) electrons. The average Bonchev–Trinajstić information content (AvgIpc) is 3.06. The third-order valence-electron chi connectivity index (χ3n) is 3.64. The molecule has 0 atom stereocenters. The van der Waals surface area contributed by atoms with Gasteiger partial charge in [0.1, 0.15) is 0 Å². The third-order valence-corrected chi connectivity index (χ3v) is 5.46. The molecule has 1 N–H and O–H groups in total. The van der Waals surface area contributed by atoms with Gasteiger partial charge >= 0.3 is 0 Å². The van der Waals surface area contributed by atoms with Crippen molar-refractivity contribution in [3.63, 3.8) is 0 Å². The Hall–Kier alpha value is -2.51. The van der Waals surface area contributed by atoms with Gasteiger partial charge in [-0.1, -0.05) is 24.3 Å². The summed E-state index contributed by atoms with van der Waals surface area (Å²) in [7, 11) is -3.65. The number of rotatable bonds is 5. The predicted molar refractivity (Wildman–Crippen MR) is 101 cm³/mol. The van der Waals surface area contributed by atoms with Crippen molar-refractivity contribution in [3.8, 4) is 11.3 Å². The molecule has 3 aromatic rings. The van der Waals surface area contributed by atoms with Gasteiger partial charge in [-0.25, -0.2) is 18.1 Å². The second-order valence-corrected chi connectivity index (χ2v) is 8.79. The summed E-state index contributed by atoms with van der Waals surface area (Å²) < 4.78 is 30.2. The first-order chi connectivity index (χ1) is 12.2. The van der Waals surface area contributed by atoms with Crippen molar-refractivity contribution in [2.75, 3.05) is 0 Å². The highest BCUT2D eigenvalue weighted by Gasteiger charge is 2.25. The largest absolute Gasteiger partial charge is 0.333 e. The fourth-order valence-electron chi connectivity index (χ4n) is 2.64. The minimum absolute atomic E-state index is 0.227. The Labute approximate surface area is 154 Å². The summed E-state index contributed by atoms with van der Waals surface area (Å²) in [5.74, 6) is 0. The van der Waals surface area contributed by atoms with Crippen LogP contribution in [0, 0.1) is 0 Å². The highest BCUT2D eigenvalue weighted by molar-refractivity contribution is 7.89. The van der Waals surface area contributed by atoms with E-state index < -0.39 is 15.6 Å². The summed E-state index contributed by atoms with van der Waals surface area (Å²) in [6.45, 7) is 6.11. The Balaban J connectivity index is 1.93. The molecule has 0 aliphatic carbocycles. The Morgan fingerprint density at radius 3 is 2.50 bits per heavy atom. The quantitative estimate of drug-likeness (QED) is 0.749. The molecule has 0 amide bonds. The highest BCUT2D eigenvalue weighted by Crippen LogP contribution is 2.26. The van der Waals surface area contributed by atoms with Gasteiger partial charge in [-0.15, -0.1) is 0 Å². The number of benzene rings is 1. The number of hydrogen-bond acceptors (Lipinski definition) is 4. The second kappa shape index (κ2) is 7.01. The molecule has 0 fully saturated rings. The van der Waals surface area contributed by atoms with Crippen molar-refractivity contribution in [1.29, 1.82) is 0 Å². The standard InChI is InChI=1S/C19H22N4O2S/c1-19(2,3)22-26(24,25)18-7-5-4-6-16(18)17-9-8-15(12-21-17)13-23-11-10-20-14-23/h4-12,14,22H,13H2,1-3H3. The van der Waals surface area contributed by atoms with Crippen molar-refractivity contribution in [3.05, 3.63) is 66.9 Å². The van der Waals surface area contributed by atoms with Crippen LogP contribution in [0.3, 0.4) is 0 Å². The molecule has 0 saturated carbocycles. The van der Waals surface area contributed by atoms with E-state index in [0.717, 1.165) is 5.56 Å². The van der Waals surface area contributed by atoms with Gasteiger partial charge in [0, 0.05) is 36.2 Å². The molecule has 26 heavy (non-hydrogen) atoms. The summed E-state index contributed by atoms with van der Waals surface area (Å²) >= 11 is 0. The molecule has 0 spiro atoms. The van der Waals surface area contributed by atoms with Crippen LogP contribution in [0.1, 0.15) is 26.3 Å². The number of imidazole rings is 1. The molecule has 0 aliphatic rings. The molecule has 3 rings (SSSR count). The Morgan fingerprint density at radius 2 is 1.88 bits per heavy atom. The van der Waals surface area contributed by atoms with Crippen LogP contribution in [0.5, 0.6) is 0 Å². The molecule has 2 aromatic heterocycles. The fourth-order valence-corrected chi connectivity index (χ4v) is 4.28. The predicted octanol–water partition coefficient (Wildman–Crippen LogP) is 3.07. The van der Waals surface area contributed by atoms with E-state index in [0.29, 0.717) is 17.8 Å². The minimum atomic E-state index is -3.65. The number of aromatic nitrogens is 3. The first-order valence-corrected chi connectivity index (χ1v) is 9.77. The topological polar surface area (TPSA) is 76.9 Å². The van der Waals surface area contributed by atoms with Crippen LogP contribution in [-0.2, 0) is 16.6 Å². The molecule has 2 heterocycles. The number of nitrogens with one attached hydrogen (secondary N) is 1. The van der Waals surface area contributed by atoms with E-state index in [1.54, 1.807) is 36.9 Å². The van der Waals surface area contributed by atoms with E-state index >= 15 is 0 Å².